The van der Waals surface area contributed by atoms with Crippen LogP contribution >= 0.6 is 22.7 Å². The van der Waals surface area contributed by atoms with Crippen LogP contribution in [0.5, 0.6) is 0 Å². The van der Waals surface area contributed by atoms with Crippen molar-refractivity contribution in [2.45, 2.75) is 13.1 Å². The number of ether oxygens (including phenoxy) is 1. The Bertz CT molecular complexity index is 1110. The minimum Gasteiger partial charge on any atom is -0.379 e. The molecule has 1 aliphatic heterocycles. The molecule has 1 aliphatic rings. The topological polar surface area (TPSA) is 41.5 Å². The molecule has 0 saturated carbocycles. The van der Waals surface area contributed by atoms with Crippen LogP contribution in [0.1, 0.15) is 11.4 Å². The second-order valence-electron chi connectivity index (χ2n) is 7.54. The Morgan fingerprint density at radius 2 is 1.90 bits per heavy atom. The zero-order chi connectivity index (χ0) is 20.3. The summed E-state index contributed by atoms with van der Waals surface area (Å²) in [5.41, 5.74) is 3.72. The number of anilines is 1. The van der Waals surface area contributed by atoms with E-state index in [1.54, 1.807) is 22.7 Å². The second-order valence-corrected chi connectivity index (χ2v) is 9.17. The van der Waals surface area contributed by atoms with Crippen LogP contribution in [0.4, 0.5) is 5.82 Å². The highest BCUT2D eigenvalue weighted by Crippen LogP contribution is 2.38. The van der Waals surface area contributed by atoms with Crippen molar-refractivity contribution in [2.75, 3.05) is 38.3 Å². The van der Waals surface area contributed by atoms with Gasteiger partial charge in [0.25, 0.3) is 0 Å². The van der Waals surface area contributed by atoms with Gasteiger partial charge in [-0.2, -0.15) is 11.3 Å². The molecule has 1 fully saturated rings. The van der Waals surface area contributed by atoms with E-state index in [1.807, 2.05) is 0 Å². The number of fused-ring (bicyclic) bond motifs is 1. The Morgan fingerprint density at radius 3 is 2.67 bits per heavy atom. The van der Waals surface area contributed by atoms with Crippen LogP contribution in [-0.4, -0.2) is 48.2 Å². The van der Waals surface area contributed by atoms with Gasteiger partial charge in [-0.05, 0) is 28.0 Å². The van der Waals surface area contributed by atoms with Crippen LogP contribution in [0.25, 0.3) is 21.3 Å². The molecule has 0 unspecified atom stereocenters. The van der Waals surface area contributed by atoms with Gasteiger partial charge < -0.3 is 9.64 Å². The number of thiophene rings is 2. The van der Waals surface area contributed by atoms with Gasteiger partial charge in [0.05, 0.1) is 25.1 Å². The zero-order valence-corrected chi connectivity index (χ0v) is 18.6. The normalized spacial score (nSPS) is 15.0. The van der Waals surface area contributed by atoms with Gasteiger partial charge in [-0.3, -0.25) is 4.90 Å². The maximum atomic E-state index is 5.49. The molecule has 5 rings (SSSR count). The third-order valence-corrected chi connectivity index (χ3v) is 6.98. The summed E-state index contributed by atoms with van der Waals surface area (Å²) >= 11 is 3.44. The molecule has 3 aromatic heterocycles. The van der Waals surface area contributed by atoms with E-state index in [1.165, 1.54) is 16.7 Å². The Hall–Kier alpha value is -2.32. The maximum Gasteiger partial charge on any atom is 0.146 e. The van der Waals surface area contributed by atoms with Crippen LogP contribution in [0.15, 0.2) is 52.5 Å². The first-order valence-electron chi connectivity index (χ1n) is 10.1. The molecular formula is C23H24N4OS2. The van der Waals surface area contributed by atoms with E-state index in [0.29, 0.717) is 0 Å². The molecule has 0 atom stereocenters. The van der Waals surface area contributed by atoms with Crippen molar-refractivity contribution in [3.63, 3.8) is 0 Å². The molecule has 1 aromatic carbocycles. The zero-order valence-electron chi connectivity index (χ0n) is 17.0. The molecular weight excluding hydrogens is 412 g/mol. The molecule has 7 heteroatoms. The van der Waals surface area contributed by atoms with Gasteiger partial charge in [-0.15, -0.1) is 11.3 Å². The fraction of sp³-hybridized carbons (Fsp3) is 0.304. The van der Waals surface area contributed by atoms with Crippen LogP contribution in [-0.2, 0) is 17.8 Å². The van der Waals surface area contributed by atoms with Crippen molar-refractivity contribution in [2.24, 2.45) is 0 Å². The van der Waals surface area contributed by atoms with Crippen molar-refractivity contribution in [1.29, 1.82) is 0 Å². The van der Waals surface area contributed by atoms with E-state index >= 15 is 0 Å². The second kappa shape index (κ2) is 8.81. The molecule has 0 radical (unpaired) electrons. The Kier molecular flexibility index (Phi) is 5.77. The van der Waals surface area contributed by atoms with Gasteiger partial charge in [0.15, 0.2) is 0 Å². The van der Waals surface area contributed by atoms with Gasteiger partial charge in [-0.25, -0.2) is 9.97 Å². The number of aromatic nitrogens is 2. The first kappa shape index (κ1) is 19.6. The van der Waals surface area contributed by atoms with Crippen LogP contribution < -0.4 is 4.90 Å². The summed E-state index contributed by atoms with van der Waals surface area (Å²) in [4.78, 5) is 15.7. The first-order valence-corrected chi connectivity index (χ1v) is 12.0. The van der Waals surface area contributed by atoms with Crippen LogP contribution in [0, 0.1) is 0 Å². The lowest BCUT2D eigenvalue weighted by atomic mass is 10.1. The van der Waals surface area contributed by atoms with E-state index in [9.17, 15) is 0 Å². The minimum absolute atomic E-state index is 0.761. The minimum atomic E-state index is 0.761. The predicted octanol–water partition coefficient (Wildman–Crippen LogP) is 4.89. The molecule has 30 heavy (non-hydrogen) atoms. The van der Waals surface area contributed by atoms with Gasteiger partial charge in [0.1, 0.15) is 16.5 Å². The van der Waals surface area contributed by atoms with E-state index in [2.05, 4.69) is 69.4 Å². The molecule has 1 saturated heterocycles. The predicted molar refractivity (Wildman–Crippen MR) is 125 cm³/mol. The number of hydrogen-bond donors (Lipinski definition) is 0. The number of hydrogen-bond acceptors (Lipinski definition) is 7. The summed E-state index contributed by atoms with van der Waals surface area (Å²) < 4.78 is 5.49. The third-order valence-electron chi connectivity index (χ3n) is 5.38. The lowest BCUT2D eigenvalue weighted by Gasteiger charge is -2.26. The highest BCUT2D eigenvalue weighted by atomic mass is 32.1. The number of nitrogens with zero attached hydrogens (tertiary/aromatic N) is 4. The van der Waals surface area contributed by atoms with E-state index in [-0.39, 0.29) is 0 Å². The highest BCUT2D eigenvalue weighted by Gasteiger charge is 2.20. The summed E-state index contributed by atoms with van der Waals surface area (Å²) in [6.45, 7) is 5.02. The largest absolute Gasteiger partial charge is 0.379 e. The average Bonchev–Trinajstić information content (AvgIpc) is 3.44. The highest BCUT2D eigenvalue weighted by molar-refractivity contribution is 7.17. The van der Waals surface area contributed by atoms with Crippen LogP contribution in [0.2, 0.25) is 0 Å². The molecule has 5 nitrogen and oxygen atoms in total. The Morgan fingerprint density at radius 1 is 1.07 bits per heavy atom. The fourth-order valence-corrected chi connectivity index (χ4v) is 5.45. The Labute approximate surface area is 184 Å². The lowest BCUT2D eigenvalue weighted by molar-refractivity contribution is 0.0331. The fourth-order valence-electron chi connectivity index (χ4n) is 3.83. The molecule has 4 aromatic rings. The number of benzene rings is 1. The SMILES string of the molecule is CN(Cc1ccsc1)c1nc(CN2CCOCC2)nc2scc(-c3ccccc3)c12. The van der Waals surface area contributed by atoms with Crippen molar-refractivity contribution in [3.05, 3.63) is 63.9 Å². The molecule has 0 spiro atoms. The summed E-state index contributed by atoms with van der Waals surface area (Å²) in [6.07, 6.45) is 0. The van der Waals surface area contributed by atoms with Crippen molar-refractivity contribution in [3.8, 4) is 11.1 Å². The standard InChI is InChI=1S/C23H24N4OS2/c1-26(13-17-7-12-29-15-17)22-21-19(18-5-3-2-4-6-18)16-30-23(21)25-20(24-22)14-27-8-10-28-11-9-27/h2-7,12,15-16H,8-11,13-14H2,1H3. The summed E-state index contributed by atoms with van der Waals surface area (Å²) in [5.74, 6) is 1.90. The molecule has 0 aliphatic carbocycles. The summed E-state index contributed by atoms with van der Waals surface area (Å²) in [5, 5.41) is 7.70. The number of morpholine rings is 1. The molecule has 154 valence electrons. The summed E-state index contributed by atoms with van der Waals surface area (Å²) in [7, 11) is 2.13. The van der Waals surface area contributed by atoms with Crippen molar-refractivity contribution >= 4 is 38.7 Å². The van der Waals surface area contributed by atoms with E-state index < -0.39 is 0 Å². The molecule has 0 amide bonds. The van der Waals surface area contributed by atoms with Crippen molar-refractivity contribution < 1.29 is 4.74 Å². The van der Waals surface area contributed by atoms with E-state index in [0.717, 1.165) is 61.3 Å². The van der Waals surface area contributed by atoms with Gasteiger partial charge in [-0.1, -0.05) is 30.3 Å². The monoisotopic (exact) mass is 436 g/mol. The maximum absolute atomic E-state index is 5.49. The first-order chi connectivity index (χ1) is 14.8. The third kappa shape index (κ3) is 4.11. The Balaban J connectivity index is 1.57. The van der Waals surface area contributed by atoms with E-state index in [4.69, 9.17) is 14.7 Å². The molecule has 4 heterocycles. The molecule has 0 bridgehead atoms. The lowest BCUT2D eigenvalue weighted by Crippen LogP contribution is -2.36. The van der Waals surface area contributed by atoms with Gasteiger partial charge in [0, 0.05) is 37.6 Å². The van der Waals surface area contributed by atoms with Crippen LogP contribution in [0.3, 0.4) is 0 Å². The smallest absolute Gasteiger partial charge is 0.146 e. The average molecular weight is 437 g/mol. The molecule has 0 N–H and O–H groups in total. The van der Waals surface area contributed by atoms with Gasteiger partial charge >= 0.3 is 0 Å². The summed E-state index contributed by atoms with van der Waals surface area (Å²) in [6, 6.07) is 12.7. The quantitative estimate of drug-likeness (QED) is 0.431. The number of rotatable bonds is 6. The van der Waals surface area contributed by atoms with Gasteiger partial charge in [0.2, 0.25) is 0 Å². The van der Waals surface area contributed by atoms with Crippen molar-refractivity contribution in [1.82, 2.24) is 14.9 Å².